The van der Waals surface area contributed by atoms with Gasteiger partial charge in [-0.05, 0) is 18.5 Å². The fourth-order valence-electron chi connectivity index (χ4n) is 1.92. The van der Waals surface area contributed by atoms with Gasteiger partial charge >= 0.3 is 0 Å². The molecule has 1 aliphatic heterocycles. The van der Waals surface area contributed by atoms with Gasteiger partial charge in [0.15, 0.2) is 0 Å². The highest BCUT2D eigenvalue weighted by Crippen LogP contribution is 2.01. The monoisotopic (exact) mass is 206 g/mol. The van der Waals surface area contributed by atoms with Crippen molar-refractivity contribution < 1.29 is 5.11 Å². The molecule has 1 saturated heterocycles. The van der Waals surface area contributed by atoms with Crippen molar-refractivity contribution in [3.8, 4) is 0 Å². The molecule has 0 aliphatic carbocycles. The minimum absolute atomic E-state index is 0.216. The molecule has 0 spiro atoms. The summed E-state index contributed by atoms with van der Waals surface area (Å²) in [6.07, 6.45) is 0.783. The summed E-state index contributed by atoms with van der Waals surface area (Å²) in [5.41, 5.74) is 1.34. The number of benzene rings is 1. The average Bonchev–Trinajstić information content (AvgIpc) is 2.66. The zero-order valence-corrected chi connectivity index (χ0v) is 8.82. The van der Waals surface area contributed by atoms with E-state index < -0.39 is 0 Å². The summed E-state index contributed by atoms with van der Waals surface area (Å²) >= 11 is 0. The Balaban J connectivity index is 1.71. The van der Waals surface area contributed by atoms with Gasteiger partial charge in [0.05, 0.1) is 6.10 Å². The van der Waals surface area contributed by atoms with E-state index >= 15 is 0 Å². The van der Waals surface area contributed by atoms with E-state index in [9.17, 15) is 5.11 Å². The number of aliphatic hydroxyl groups is 1. The van der Waals surface area contributed by atoms with Crippen LogP contribution in [-0.2, 0) is 6.42 Å². The second kappa shape index (κ2) is 5.26. The van der Waals surface area contributed by atoms with E-state index in [1.165, 1.54) is 5.56 Å². The van der Waals surface area contributed by atoms with Crippen LogP contribution in [0.1, 0.15) is 5.56 Å². The lowest BCUT2D eigenvalue weighted by molar-refractivity contribution is 0.163. The van der Waals surface area contributed by atoms with Crippen LogP contribution in [0.15, 0.2) is 30.3 Å². The second-order valence-corrected chi connectivity index (χ2v) is 4.02. The van der Waals surface area contributed by atoms with Gasteiger partial charge in [-0.2, -0.15) is 0 Å². The third-order valence-corrected chi connectivity index (χ3v) is 2.85. The SMILES string of the molecule is O[C@@H]1CNC[C@H]1NCCc1ccccc1. The summed E-state index contributed by atoms with van der Waals surface area (Å²) in [6.45, 7) is 2.51. The molecule has 0 bridgehead atoms. The van der Waals surface area contributed by atoms with Crippen molar-refractivity contribution >= 4 is 0 Å². The van der Waals surface area contributed by atoms with Crippen LogP contribution in [0.3, 0.4) is 0 Å². The largest absolute Gasteiger partial charge is 0.390 e. The Bertz CT molecular complexity index is 289. The van der Waals surface area contributed by atoms with Crippen LogP contribution in [0.4, 0.5) is 0 Å². The van der Waals surface area contributed by atoms with E-state index in [0.29, 0.717) is 6.54 Å². The highest BCUT2D eigenvalue weighted by Gasteiger charge is 2.23. The summed E-state index contributed by atoms with van der Waals surface area (Å²) in [4.78, 5) is 0. The molecule has 0 amide bonds. The predicted molar refractivity (Wildman–Crippen MR) is 60.8 cm³/mol. The lowest BCUT2D eigenvalue weighted by Crippen LogP contribution is -2.40. The number of nitrogens with one attached hydrogen (secondary N) is 2. The smallest absolute Gasteiger partial charge is 0.0829 e. The second-order valence-electron chi connectivity index (χ2n) is 4.02. The van der Waals surface area contributed by atoms with Gasteiger partial charge in [0, 0.05) is 19.1 Å². The van der Waals surface area contributed by atoms with Gasteiger partial charge in [0.25, 0.3) is 0 Å². The molecule has 2 rings (SSSR count). The molecule has 3 nitrogen and oxygen atoms in total. The van der Waals surface area contributed by atoms with Crippen LogP contribution in [0.25, 0.3) is 0 Å². The highest BCUT2D eigenvalue weighted by molar-refractivity contribution is 5.14. The molecule has 0 radical (unpaired) electrons. The van der Waals surface area contributed by atoms with Crippen molar-refractivity contribution in [1.82, 2.24) is 10.6 Å². The maximum absolute atomic E-state index is 9.56. The molecule has 2 atom stereocenters. The number of rotatable bonds is 4. The van der Waals surface area contributed by atoms with Gasteiger partial charge in [0.2, 0.25) is 0 Å². The van der Waals surface area contributed by atoms with Gasteiger partial charge in [-0.1, -0.05) is 30.3 Å². The first kappa shape index (κ1) is 10.6. The van der Waals surface area contributed by atoms with Crippen molar-refractivity contribution in [1.29, 1.82) is 0 Å². The molecule has 1 fully saturated rings. The van der Waals surface area contributed by atoms with Crippen LogP contribution >= 0.6 is 0 Å². The van der Waals surface area contributed by atoms with Crippen molar-refractivity contribution in [3.63, 3.8) is 0 Å². The molecule has 1 heterocycles. The predicted octanol–water partition coefficient (Wildman–Crippen LogP) is 0.151. The third-order valence-electron chi connectivity index (χ3n) is 2.85. The molecule has 15 heavy (non-hydrogen) atoms. The van der Waals surface area contributed by atoms with E-state index in [-0.39, 0.29) is 12.1 Å². The summed E-state index contributed by atoms with van der Waals surface area (Å²) in [7, 11) is 0. The topological polar surface area (TPSA) is 44.3 Å². The van der Waals surface area contributed by atoms with Gasteiger partial charge in [-0.3, -0.25) is 0 Å². The van der Waals surface area contributed by atoms with Crippen molar-refractivity contribution in [3.05, 3.63) is 35.9 Å². The molecule has 0 saturated carbocycles. The molecular weight excluding hydrogens is 188 g/mol. The minimum Gasteiger partial charge on any atom is -0.390 e. The van der Waals surface area contributed by atoms with Gasteiger partial charge < -0.3 is 15.7 Å². The molecular formula is C12H18N2O. The molecule has 82 valence electrons. The number of aliphatic hydroxyl groups excluding tert-OH is 1. The molecule has 3 N–H and O–H groups in total. The fourth-order valence-corrected chi connectivity index (χ4v) is 1.92. The quantitative estimate of drug-likeness (QED) is 0.657. The maximum atomic E-state index is 9.56. The van der Waals surface area contributed by atoms with Gasteiger partial charge in [-0.25, -0.2) is 0 Å². The minimum atomic E-state index is -0.235. The van der Waals surface area contributed by atoms with E-state index in [4.69, 9.17) is 0 Å². The molecule has 0 unspecified atom stereocenters. The fraction of sp³-hybridized carbons (Fsp3) is 0.500. The zero-order chi connectivity index (χ0) is 10.5. The van der Waals surface area contributed by atoms with E-state index in [0.717, 1.165) is 19.5 Å². The molecule has 1 aromatic carbocycles. The Labute approximate surface area is 90.5 Å². The summed E-state index contributed by atoms with van der Waals surface area (Å²) in [6, 6.07) is 10.6. The number of hydrogen-bond acceptors (Lipinski definition) is 3. The molecule has 1 aliphatic rings. The first-order valence-electron chi connectivity index (χ1n) is 5.52. The summed E-state index contributed by atoms with van der Waals surface area (Å²) in [5, 5.41) is 16.1. The van der Waals surface area contributed by atoms with Crippen LogP contribution in [0, 0.1) is 0 Å². The summed E-state index contributed by atoms with van der Waals surface area (Å²) < 4.78 is 0. The Morgan fingerprint density at radius 1 is 1.27 bits per heavy atom. The third kappa shape index (κ3) is 3.02. The van der Waals surface area contributed by atoms with Crippen LogP contribution in [0.5, 0.6) is 0 Å². The first-order valence-corrected chi connectivity index (χ1v) is 5.52. The summed E-state index contributed by atoms with van der Waals surface area (Å²) in [5.74, 6) is 0. The van der Waals surface area contributed by atoms with Crippen LogP contribution in [0.2, 0.25) is 0 Å². The normalized spacial score (nSPS) is 25.7. The standard InChI is InChI=1S/C12H18N2O/c15-12-9-13-8-11(12)14-7-6-10-4-2-1-3-5-10/h1-5,11-15H,6-9H2/t11-,12-/m1/s1. The van der Waals surface area contributed by atoms with Gasteiger partial charge in [0.1, 0.15) is 0 Å². The Hall–Kier alpha value is -0.900. The number of β-amino-alcohol motifs (C(OH)–C–C–N with tert-alkyl or cyclic N) is 1. The van der Waals surface area contributed by atoms with Crippen LogP contribution in [-0.4, -0.2) is 36.9 Å². The average molecular weight is 206 g/mol. The Morgan fingerprint density at radius 3 is 2.73 bits per heavy atom. The first-order chi connectivity index (χ1) is 7.36. The van der Waals surface area contributed by atoms with Crippen molar-refractivity contribution in [2.45, 2.75) is 18.6 Å². The lowest BCUT2D eigenvalue weighted by atomic mass is 10.1. The zero-order valence-electron chi connectivity index (χ0n) is 8.82. The highest BCUT2D eigenvalue weighted by atomic mass is 16.3. The van der Waals surface area contributed by atoms with Gasteiger partial charge in [-0.15, -0.1) is 0 Å². The van der Waals surface area contributed by atoms with Crippen molar-refractivity contribution in [2.75, 3.05) is 19.6 Å². The Kier molecular flexibility index (Phi) is 3.72. The Morgan fingerprint density at radius 2 is 2.07 bits per heavy atom. The molecule has 3 heteroatoms. The molecule has 0 aromatic heterocycles. The van der Waals surface area contributed by atoms with Crippen LogP contribution < -0.4 is 10.6 Å². The van der Waals surface area contributed by atoms with E-state index in [2.05, 4.69) is 34.9 Å². The lowest BCUT2D eigenvalue weighted by Gasteiger charge is -2.15. The number of hydrogen-bond donors (Lipinski definition) is 3. The van der Waals surface area contributed by atoms with E-state index in [1.54, 1.807) is 0 Å². The van der Waals surface area contributed by atoms with E-state index in [1.807, 2.05) is 6.07 Å². The molecule has 1 aromatic rings. The maximum Gasteiger partial charge on any atom is 0.0829 e. The van der Waals surface area contributed by atoms with Crippen molar-refractivity contribution in [2.24, 2.45) is 0 Å².